The van der Waals surface area contributed by atoms with Crippen molar-refractivity contribution in [3.05, 3.63) is 181 Å². The second-order valence-electron chi connectivity index (χ2n) is 26.0. The highest BCUT2D eigenvalue weighted by atomic mass is 35.5. The number of piperidine rings is 3. The number of aromatic nitrogens is 12. The maximum atomic E-state index is 11.9. The van der Waals surface area contributed by atoms with Crippen molar-refractivity contribution in [2.75, 3.05) is 74.0 Å². The molecule has 31 heteroatoms. The van der Waals surface area contributed by atoms with Crippen molar-refractivity contribution < 1.29 is 39.5 Å². The molecule has 0 bridgehead atoms. The van der Waals surface area contributed by atoms with E-state index in [1.807, 2.05) is 155 Å². The first kappa shape index (κ1) is 72.5. The van der Waals surface area contributed by atoms with E-state index in [1.54, 1.807) is 12.4 Å². The van der Waals surface area contributed by atoms with Gasteiger partial charge in [-0.2, -0.15) is 15.0 Å². The number of nitrogens with zero attached hydrogens (tertiary/aromatic N) is 15. The van der Waals surface area contributed by atoms with E-state index in [9.17, 15) is 25.3 Å². The molecule has 15 rings (SSSR count). The van der Waals surface area contributed by atoms with Gasteiger partial charge in [-0.05, 0) is 139 Å². The molecule has 27 nitrogen and oxygen atoms in total. The molecule has 0 amide bonds. The highest BCUT2D eigenvalue weighted by molar-refractivity contribution is 7.88. The smallest absolute Gasteiger partial charge is 0.226 e. The normalized spacial score (nSPS) is 16.5. The molecule has 104 heavy (non-hydrogen) atoms. The molecule has 3 fully saturated rings. The standard InChI is InChI=1S/C25H28N6O3S.C24H25ClN6O3S.C24H26N6O3S/c1-16-7-6-10-21-22(16)25(34-18-11-13-31(14-12-18)35(3,32)33)30-23(29-21)17(2)28-24-19-8-4-5-9-20(19)26-15-27-24;1-15(28-23-17-6-3-4-8-19(17)26-14-27-23)22-29-20-9-5-7-18(25)21(20)24(30-22)34-16-10-12-31(13-11-16)35(2,32)33;1-16(27-23-18-7-3-5-9-20(18)25-15-26-23)22-28-21-10-6-4-8-19(21)24(29-22)33-17-11-13-30(14-12-17)34(2,31)32/h4-10,15,17-18H,11-14H2,1-3H3,(H,26,27,28);3-9,14-16H,10-13H2,1-2H3,(H,26,27,28);3-10,15-17H,11-14H2,1-2H3,(H,25,26,27)/t17-;15-;16-/m000/s1. The van der Waals surface area contributed by atoms with Gasteiger partial charge in [-0.1, -0.05) is 78.3 Å². The quantitative estimate of drug-likeness (QED) is 0.0718. The third-order valence-corrected chi connectivity index (χ3v) is 22.7. The predicted octanol–water partition coefficient (Wildman–Crippen LogP) is 11.6. The Morgan fingerprint density at radius 3 is 1.08 bits per heavy atom. The molecule has 0 saturated carbocycles. The summed E-state index contributed by atoms with van der Waals surface area (Å²) in [5.41, 5.74) is 5.85. The number of nitrogens with one attached hydrogen (secondary N) is 3. The second kappa shape index (κ2) is 31.2. The molecule has 3 saturated heterocycles. The minimum Gasteiger partial charge on any atom is -0.474 e. The molecule has 3 aliphatic rings. The van der Waals surface area contributed by atoms with Crippen LogP contribution in [0.1, 0.15) is 100 Å². The first-order valence-electron chi connectivity index (χ1n) is 34.2. The van der Waals surface area contributed by atoms with Crippen molar-refractivity contribution in [1.82, 2.24) is 72.7 Å². The van der Waals surface area contributed by atoms with E-state index in [0.29, 0.717) is 146 Å². The average molecular weight is 1480 g/mol. The van der Waals surface area contributed by atoms with Crippen molar-refractivity contribution in [2.45, 2.75) is 103 Å². The van der Waals surface area contributed by atoms with Gasteiger partial charge in [0.05, 0.1) is 91.2 Å². The molecule has 0 spiro atoms. The SMILES string of the molecule is C[C@H](Nc1ncnc2ccccc12)c1nc(OC2CCN(S(C)(=O)=O)CC2)c2c(Cl)cccc2n1.C[C@H](Nc1ncnc2ccccc12)c1nc(OC2CCN(S(C)(=O)=O)CC2)c2ccccc2n1.Cc1cccc2nc([C@H](C)Nc3ncnc4ccccc34)nc(OC3CCN(S(C)(=O)=O)CC3)c12. The average Bonchev–Trinajstić information content (AvgIpc) is 0.781. The molecular formula is C73H79ClN18O9S3. The molecule has 3 aliphatic heterocycles. The molecule has 0 unspecified atom stereocenters. The summed E-state index contributed by atoms with van der Waals surface area (Å²) >= 11 is 6.51. The maximum absolute atomic E-state index is 11.9. The molecule has 6 aromatic carbocycles. The topological polar surface area (TPSA) is 331 Å². The van der Waals surface area contributed by atoms with Crippen molar-refractivity contribution >= 4 is 125 Å². The van der Waals surface area contributed by atoms with Crippen molar-refractivity contribution in [2.24, 2.45) is 0 Å². The zero-order valence-electron chi connectivity index (χ0n) is 58.4. The van der Waals surface area contributed by atoms with Gasteiger partial charge in [0, 0.05) is 55.4 Å². The summed E-state index contributed by atoms with van der Waals surface area (Å²) in [4.78, 5) is 54.9. The van der Waals surface area contributed by atoms with Crippen LogP contribution in [0.15, 0.2) is 152 Å². The van der Waals surface area contributed by atoms with Gasteiger partial charge in [-0.3, -0.25) is 0 Å². The molecule has 0 radical (unpaired) electrons. The summed E-state index contributed by atoms with van der Waals surface area (Å²) < 4.78 is 94.6. The Hall–Kier alpha value is -9.82. The Bertz CT molecular complexity index is 5240. The molecule has 3 N–H and O–H groups in total. The number of hydrogen-bond donors (Lipinski definition) is 3. The number of benzene rings is 6. The van der Waals surface area contributed by atoms with Crippen LogP contribution in [0.3, 0.4) is 0 Å². The summed E-state index contributed by atoms with van der Waals surface area (Å²) in [6, 6.07) is 41.8. The lowest BCUT2D eigenvalue weighted by atomic mass is 10.1. The number of sulfonamides is 3. The van der Waals surface area contributed by atoms with Gasteiger partial charge >= 0.3 is 0 Å². The number of halogens is 1. The van der Waals surface area contributed by atoms with Crippen LogP contribution in [0.5, 0.6) is 17.6 Å². The lowest BCUT2D eigenvalue weighted by Crippen LogP contribution is -2.41. The van der Waals surface area contributed by atoms with Crippen molar-refractivity contribution in [1.29, 1.82) is 0 Å². The number of rotatable bonds is 18. The summed E-state index contributed by atoms with van der Waals surface area (Å²) in [7, 11) is -9.59. The van der Waals surface area contributed by atoms with Gasteiger partial charge < -0.3 is 30.2 Å². The van der Waals surface area contributed by atoms with Crippen LogP contribution in [0.2, 0.25) is 5.02 Å². The van der Waals surface area contributed by atoms with E-state index < -0.39 is 30.1 Å². The van der Waals surface area contributed by atoms with E-state index in [1.165, 1.54) is 44.3 Å². The van der Waals surface area contributed by atoms with E-state index in [0.717, 1.165) is 60.1 Å². The fraction of sp³-hybridized carbons (Fsp3) is 0.342. The minimum absolute atomic E-state index is 0.113. The lowest BCUT2D eigenvalue weighted by Gasteiger charge is -2.30. The number of ether oxygens (including phenoxy) is 3. The third-order valence-electron chi connectivity index (χ3n) is 18.5. The number of aryl methyl sites for hydroxylation is 1. The number of para-hydroxylation sites is 4. The Kier molecular flexibility index (Phi) is 21.8. The van der Waals surface area contributed by atoms with E-state index >= 15 is 0 Å². The summed E-state index contributed by atoms with van der Waals surface area (Å²) in [6.45, 7) is 10.5. The Morgan fingerprint density at radius 1 is 0.375 bits per heavy atom. The second-order valence-corrected chi connectivity index (χ2v) is 32.4. The van der Waals surface area contributed by atoms with Crippen LogP contribution in [0, 0.1) is 6.92 Å². The fourth-order valence-electron chi connectivity index (χ4n) is 12.9. The number of hydrogen-bond acceptors (Lipinski definition) is 24. The van der Waals surface area contributed by atoms with Crippen molar-refractivity contribution in [3.63, 3.8) is 0 Å². The Labute approximate surface area is 607 Å². The van der Waals surface area contributed by atoms with Crippen LogP contribution in [0.4, 0.5) is 17.5 Å². The van der Waals surface area contributed by atoms with Crippen LogP contribution >= 0.6 is 11.6 Å². The predicted molar refractivity (Wildman–Crippen MR) is 403 cm³/mol. The third kappa shape index (κ3) is 17.0. The molecular weight excluding hydrogens is 1400 g/mol. The first-order chi connectivity index (χ1) is 50.0. The molecule has 0 aliphatic carbocycles. The van der Waals surface area contributed by atoms with Gasteiger partial charge in [0.15, 0.2) is 17.5 Å². The summed E-state index contributed by atoms with van der Waals surface area (Å²) in [5.74, 6) is 5.27. The van der Waals surface area contributed by atoms with Crippen LogP contribution in [0.25, 0.3) is 65.4 Å². The monoisotopic (exact) mass is 1480 g/mol. The Balaban J connectivity index is 0.000000139. The lowest BCUT2D eigenvalue weighted by molar-refractivity contribution is 0.131. The maximum Gasteiger partial charge on any atom is 0.226 e. The van der Waals surface area contributed by atoms with E-state index in [4.69, 9.17) is 55.7 Å². The molecule has 9 heterocycles. The van der Waals surface area contributed by atoms with Gasteiger partial charge in [0.1, 0.15) is 54.7 Å². The summed E-state index contributed by atoms with van der Waals surface area (Å²) in [5, 5.41) is 15.8. The molecule has 3 atom stereocenters. The summed E-state index contributed by atoms with van der Waals surface area (Å²) in [6.07, 6.45) is 11.5. The van der Waals surface area contributed by atoms with Gasteiger partial charge in [0.25, 0.3) is 0 Å². The number of fused-ring (bicyclic) bond motifs is 6. The molecule has 12 aromatic rings. The van der Waals surface area contributed by atoms with Crippen LogP contribution in [-0.2, 0) is 30.1 Å². The van der Waals surface area contributed by atoms with E-state index in [-0.39, 0.29) is 36.4 Å². The largest absolute Gasteiger partial charge is 0.474 e. The fourth-order valence-corrected chi connectivity index (χ4v) is 15.7. The van der Waals surface area contributed by atoms with Gasteiger partial charge in [0.2, 0.25) is 47.7 Å². The molecule has 540 valence electrons. The molecule has 6 aromatic heterocycles. The van der Waals surface area contributed by atoms with Crippen LogP contribution < -0.4 is 30.2 Å². The zero-order valence-corrected chi connectivity index (χ0v) is 61.6. The highest BCUT2D eigenvalue weighted by Crippen LogP contribution is 2.37. The zero-order chi connectivity index (χ0) is 72.9. The highest BCUT2D eigenvalue weighted by Gasteiger charge is 2.31. The van der Waals surface area contributed by atoms with Gasteiger partial charge in [-0.15, -0.1) is 0 Å². The number of anilines is 3. The van der Waals surface area contributed by atoms with Crippen molar-refractivity contribution in [3.8, 4) is 17.6 Å². The first-order valence-corrected chi connectivity index (χ1v) is 40.1. The van der Waals surface area contributed by atoms with E-state index in [2.05, 4.69) is 45.9 Å². The minimum atomic E-state index is -3.21. The van der Waals surface area contributed by atoms with Crippen LogP contribution in [-0.4, -0.2) is 174 Å². The van der Waals surface area contributed by atoms with Gasteiger partial charge in [-0.25, -0.2) is 83.0 Å². The Morgan fingerprint density at radius 2 is 0.683 bits per heavy atom.